The number of benzene rings is 1. The Morgan fingerprint density at radius 3 is 2.73 bits per heavy atom. The number of nitrogens with one attached hydrogen (secondary N) is 1. The average Bonchev–Trinajstić information content (AvgIpc) is 2.74. The first-order valence-electron chi connectivity index (χ1n) is 7.11. The van der Waals surface area contributed by atoms with E-state index in [2.05, 4.69) is 10.4 Å². The number of halogens is 2. The number of amides is 1. The molecule has 1 aromatic carbocycles. The molecule has 0 spiro atoms. The standard InChI is InChI=1S/C16H19ClFN3O/c1-10(9-21-12(3)6-11(2)20-21)8-19-16(22)14-5-4-13(18)7-15(14)17/h4-7,10H,8-9H2,1-3H3,(H,19,22). The SMILES string of the molecule is Cc1cc(C)n(CC(C)CNC(=O)c2ccc(F)cc2Cl)n1. The van der Waals surface area contributed by atoms with Crippen LogP contribution in [0.15, 0.2) is 24.3 Å². The summed E-state index contributed by atoms with van der Waals surface area (Å²) < 4.78 is 14.9. The summed E-state index contributed by atoms with van der Waals surface area (Å²) in [5, 5.41) is 7.33. The molecule has 0 radical (unpaired) electrons. The van der Waals surface area contributed by atoms with Crippen molar-refractivity contribution in [2.24, 2.45) is 5.92 Å². The van der Waals surface area contributed by atoms with E-state index in [0.29, 0.717) is 6.54 Å². The van der Waals surface area contributed by atoms with E-state index in [0.717, 1.165) is 24.0 Å². The topological polar surface area (TPSA) is 46.9 Å². The summed E-state index contributed by atoms with van der Waals surface area (Å²) in [5.41, 5.74) is 2.35. The third-order valence-corrected chi connectivity index (χ3v) is 3.69. The first-order chi connectivity index (χ1) is 10.4. The Kier molecular flexibility index (Phi) is 5.19. The number of rotatable bonds is 5. The molecule has 4 nitrogen and oxygen atoms in total. The number of hydrogen-bond donors (Lipinski definition) is 1. The van der Waals surface area contributed by atoms with Gasteiger partial charge in [0.1, 0.15) is 5.82 Å². The van der Waals surface area contributed by atoms with Crippen molar-refractivity contribution < 1.29 is 9.18 Å². The molecule has 1 unspecified atom stereocenters. The van der Waals surface area contributed by atoms with Crippen molar-refractivity contribution in [1.29, 1.82) is 0 Å². The van der Waals surface area contributed by atoms with E-state index in [9.17, 15) is 9.18 Å². The zero-order chi connectivity index (χ0) is 16.3. The number of carbonyl (C=O) groups excluding carboxylic acids is 1. The lowest BCUT2D eigenvalue weighted by molar-refractivity contribution is 0.0946. The Labute approximate surface area is 134 Å². The lowest BCUT2D eigenvalue weighted by Crippen LogP contribution is -2.30. The summed E-state index contributed by atoms with van der Waals surface area (Å²) in [6.07, 6.45) is 0. The minimum Gasteiger partial charge on any atom is -0.352 e. The molecule has 1 heterocycles. The summed E-state index contributed by atoms with van der Waals surface area (Å²) in [7, 11) is 0. The summed E-state index contributed by atoms with van der Waals surface area (Å²) in [5.74, 6) is -0.550. The fraction of sp³-hybridized carbons (Fsp3) is 0.375. The molecule has 1 aromatic heterocycles. The second-order valence-corrected chi connectivity index (χ2v) is 5.96. The lowest BCUT2D eigenvalue weighted by atomic mass is 10.1. The monoisotopic (exact) mass is 323 g/mol. The third-order valence-electron chi connectivity index (χ3n) is 3.37. The van der Waals surface area contributed by atoms with E-state index < -0.39 is 5.82 Å². The van der Waals surface area contributed by atoms with Gasteiger partial charge < -0.3 is 5.32 Å². The van der Waals surface area contributed by atoms with Crippen molar-refractivity contribution in [3.63, 3.8) is 0 Å². The van der Waals surface area contributed by atoms with Gasteiger partial charge in [0, 0.05) is 18.8 Å². The van der Waals surface area contributed by atoms with Crippen LogP contribution in [-0.2, 0) is 6.54 Å². The van der Waals surface area contributed by atoms with Gasteiger partial charge in [-0.1, -0.05) is 18.5 Å². The molecule has 1 amide bonds. The van der Waals surface area contributed by atoms with Crippen LogP contribution in [0.2, 0.25) is 5.02 Å². The highest BCUT2D eigenvalue weighted by molar-refractivity contribution is 6.33. The minimum absolute atomic E-state index is 0.115. The maximum atomic E-state index is 13.0. The molecule has 0 aliphatic heterocycles. The van der Waals surface area contributed by atoms with Gasteiger partial charge >= 0.3 is 0 Å². The van der Waals surface area contributed by atoms with E-state index >= 15 is 0 Å². The first-order valence-corrected chi connectivity index (χ1v) is 7.49. The fourth-order valence-corrected chi connectivity index (χ4v) is 2.51. The van der Waals surface area contributed by atoms with E-state index in [4.69, 9.17) is 11.6 Å². The van der Waals surface area contributed by atoms with E-state index in [1.165, 1.54) is 12.1 Å². The Balaban J connectivity index is 1.91. The van der Waals surface area contributed by atoms with Crippen LogP contribution >= 0.6 is 11.6 Å². The summed E-state index contributed by atoms with van der Waals surface area (Å²) in [6, 6.07) is 5.76. The van der Waals surface area contributed by atoms with Crippen LogP contribution in [0.5, 0.6) is 0 Å². The first kappa shape index (κ1) is 16.5. The molecule has 0 fully saturated rings. The molecule has 1 N–H and O–H groups in total. The molecule has 1 atom stereocenters. The highest BCUT2D eigenvalue weighted by Gasteiger charge is 2.13. The highest BCUT2D eigenvalue weighted by Crippen LogP contribution is 2.17. The van der Waals surface area contributed by atoms with Crippen LogP contribution in [0, 0.1) is 25.6 Å². The molecular formula is C16H19ClFN3O. The number of hydrogen-bond acceptors (Lipinski definition) is 2. The number of carbonyl (C=O) groups is 1. The van der Waals surface area contributed by atoms with Gasteiger partial charge in [0.2, 0.25) is 0 Å². The summed E-state index contributed by atoms with van der Waals surface area (Å²) >= 11 is 5.88. The highest BCUT2D eigenvalue weighted by atomic mass is 35.5. The molecule has 6 heteroatoms. The van der Waals surface area contributed by atoms with Gasteiger partial charge in [-0.25, -0.2) is 4.39 Å². The maximum Gasteiger partial charge on any atom is 0.252 e. The zero-order valence-corrected chi connectivity index (χ0v) is 13.6. The normalized spacial score (nSPS) is 12.2. The van der Waals surface area contributed by atoms with Crippen LogP contribution < -0.4 is 5.32 Å². The fourth-order valence-electron chi connectivity index (χ4n) is 2.26. The van der Waals surface area contributed by atoms with Gasteiger partial charge in [0.05, 0.1) is 16.3 Å². The van der Waals surface area contributed by atoms with Crippen LogP contribution in [-0.4, -0.2) is 22.2 Å². The van der Waals surface area contributed by atoms with E-state index in [-0.39, 0.29) is 22.4 Å². The van der Waals surface area contributed by atoms with Gasteiger partial charge in [-0.15, -0.1) is 0 Å². The van der Waals surface area contributed by atoms with Crippen molar-refractivity contribution >= 4 is 17.5 Å². The predicted octanol–water partition coefficient (Wildman–Crippen LogP) is 3.36. The third kappa shape index (κ3) is 4.07. The predicted molar refractivity (Wildman–Crippen MR) is 84.6 cm³/mol. The second kappa shape index (κ2) is 6.92. The van der Waals surface area contributed by atoms with Crippen LogP contribution in [0.1, 0.15) is 28.7 Å². The smallest absolute Gasteiger partial charge is 0.252 e. The molecule has 22 heavy (non-hydrogen) atoms. The Morgan fingerprint density at radius 1 is 1.41 bits per heavy atom. The van der Waals surface area contributed by atoms with Crippen LogP contribution in [0.3, 0.4) is 0 Å². The van der Waals surface area contributed by atoms with Crippen molar-refractivity contribution in [2.45, 2.75) is 27.3 Å². The lowest BCUT2D eigenvalue weighted by Gasteiger charge is -2.14. The molecule has 118 valence electrons. The largest absolute Gasteiger partial charge is 0.352 e. The van der Waals surface area contributed by atoms with Crippen LogP contribution in [0.25, 0.3) is 0 Å². The van der Waals surface area contributed by atoms with E-state index in [1.54, 1.807) is 0 Å². The molecule has 0 saturated carbocycles. The Hall–Kier alpha value is -1.88. The van der Waals surface area contributed by atoms with Gasteiger partial charge in [-0.2, -0.15) is 5.10 Å². The number of aryl methyl sites for hydroxylation is 2. The van der Waals surface area contributed by atoms with Gasteiger partial charge in [0.25, 0.3) is 5.91 Å². The average molecular weight is 324 g/mol. The van der Waals surface area contributed by atoms with Gasteiger partial charge in [0.15, 0.2) is 0 Å². The van der Waals surface area contributed by atoms with Gasteiger partial charge in [-0.05, 0) is 44.0 Å². The molecule has 0 bridgehead atoms. The summed E-state index contributed by atoms with van der Waals surface area (Å²) in [6.45, 7) is 7.20. The molecule has 2 rings (SSSR count). The number of aromatic nitrogens is 2. The second-order valence-electron chi connectivity index (χ2n) is 5.55. The van der Waals surface area contributed by atoms with Crippen molar-refractivity contribution in [1.82, 2.24) is 15.1 Å². The molecule has 0 aliphatic rings. The molecule has 2 aromatic rings. The van der Waals surface area contributed by atoms with Crippen molar-refractivity contribution in [3.8, 4) is 0 Å². The van der Waals surface area contributed by atoms with Crippen molar-refractivity contribution in [2.75, 3.05) is 6.54 Å². The van der Waals surface area contributed by atoms with Crippen molar-refractivity contribution in [3.05, 3.63) is 52.1 Å². The number of nitrogens with zero attached hydrogens (tertiary/aromatic N) is 2. The minimum atomic E-state index is -0.459. The molecule has 0 saturated heterocycles. The molecular weight excluding hydrogens is 305 g/mol. The molecule has 0 aliphatic carbocycles. The Bertz CT molecular complexity index is 684. The van der Waals surface area contributed by atoms with E-state index in [1.807, 2.05) is 31.5 Å². The zero-order valence-electron chi connectivity index (χ0n) is 12.9. The van der Waals surface area contributed by atoms with Crippen LogP contribution in [0.4, 0.5) is 4.39 Å². The maximum absolute atomic E-state index is 13.0. The Morgan fingerprint density at radius 2 is 2.14 bits per heavy atom. The quantitative estimate of drug-likeness (QED) is 0.917. The van der Waals surface area contributed by atoms with Gasteiger partial charge in [-0.3, -0.25) is 9.48 Å². The summed E-state index contributed by atoms with van der Waals surface area (Å²) in [4.78, 5) is 12.1.